The molecule has 0 aliphatic carbocycles. The fourth-order valence-electron chi connectivity index (χ4n) is 1.93. The molecule has 0 saturated carbocycles. The van der Waals surface area contributed by atoms with Crippen molar-refractivity contribution in [2.45, 2.75) is 25.9 Å². The van der Waals surface area contributed by atoms with Gasteiger partial charge in [-0.1, -0.05) is 6.92 Å². The Labute approximate surface area is 128 Å². The minimum absolute atomic E-state index is 0.198. The lowest BCUT2D eigenvalue weighted by atomic mass is 10.1. The lowest BCUT2D eigenvalue weighted by molar-refractivity contribution is 0.514. The number of nitrogens with two attached hydrogens (primary N) is 1. The summed E-state index contributed by atoms with van der Waals surface area (Å²) in [5.74, 6) is 5.70. The van der Waals surface area contributed by atoms with E-state index >= 15 is 0 Å². The Morgan fingerprint density at radius 2 is 2.26 bits per heavy atom. The van der Waals surface area contributed by atoms with E-state index in [4.69, 9.17) is 5.84 Å². The first-order valence-electron chi connectivity index (χ1n) is 5.96. The lowest BCUT2D eigenvalue weighted by Gasteiger charge is -2.18. The quantitative estimate of drug-likeness (QED) is 0.610. The van der Waals surface area contributed by atoms with Gasteiger partial charge in [0.25, 0.3) is 0 Å². The van der Waals surface area contributed by atoms with Crippen LogP contribution < -0.4 is 11.3 Å². The molecule has 5 nitrogen and oxygen atoms in total. The molecule has 7 heteroatoms. The van der Waals surface area contributed by atoms with Crippen LogP contribution in [0.25, 0.3) is 0 Å². The topological polar surface area (TPSA) is 68.8 Å². The van der Waals surface area contributed by atoms with E-state index in [1.165, 1.54) is 0 Å². The maximum atomic E-state index is 5.70. The Morgan fingerprint density at radius 3 is 2.89 bits per heavy atom. The van der Waals surface area contributed by atoms with Gasteiger partial charge in [0.05, 0.1) is 11.4 Å². The number of aromatic nitrogens is 3. The molecule has 0 saturated heterocycles. The molecule has 2 aromatic heterocycles. The zero-order valence-corrected chi connectivity index (χ0v) is 13.6. The lowest BCUT2D eigenvalue weighted by Crippen LogP contribution is -2.31. The molecule has 2 aromatic rings. The van der Waals surface area contributed by atoms with E-state index in [0.29, 0.717) is 0 Å². The summed E-state index contributed by atoms with van der Waals surface area (Å²) < 4.78 is 3.76. The second kappa shape index (κ2) is 6.60. The zero-order valence-electron chi connectivity index (χ0n) is 10.5. The molecule has 0 radical (unpaired) electrons. The first kappa shape index (κ1) is 14.6. The third kappa shape index (κ3) is 3.22. The molecule has 0 aromatic carbocycles. The zero-order chi connectivity index (χ0) is 13.8. The SMILES string of the molecule is CCCn1nccc1C(NN)c1ncc(Br)cc1Br. The molecule has 0 bridgehead atoms. The van der Waals surface area contributed by atoms with Crippen LogP contribution in [0.4, 0.5) is 0 Å². The van der Waals surface area contributed by atoms with Crippen LogP contribution in [0.2, 0.25) is 0 Å². The molecule has 102 valence electrons. The fourth-order valence-corrected chi connectivity index (χ4v) is 3.15. The van der Waals surface area contributed by atoms with Crippen LogP contribution >= 0.6 is 31.9 Å². The van der Waals surface area contributed by atoms with Gasteiger partial charge in [0.1, 0.15) is 6.04 Å². The van der Waals surface area contributed by atoms with E-state index in [9.17, 15) is 0 Å². The molecule has 0 spiro atoms. The van der Waals surface area contributed by atoms with Crippen molar-refractivity contribution >= 4 is 31.9 Å². The molecule has 2 rings (SSSR count). The maximum Gasteiger partial charge on any atom is 0.106 e. The van der Waals surface area contributed by atoms with Gasteiger partial charge in [-0.2, -0.15) is 5.10 Å². The minimum atomic E-state index is -0.198. The molecule has 2 heterocycles. The Morgan fingerprint density at radius 1 is 1.47 bits per heavy atom. The van der Waals surface area contributed by atoms with Gasteiger partial charge < -0.3 is 0 Å². The van der Waals surface area contributed by atoms with Gasteiger partial charge in [0.15, 0.2) is 0 Å². The number of pyridine rings is 1. The predicted molar refractivity (Wildman–Crippen MR) is 81.3 cm³/mol. The molecule has 0 fully saturated rings. The Hall–Kier alpha value is -0.760. The molecule has 1 unspecified atom stereocenters. The van der Waals surface area contributed by atoms with E-state index in [1.54, 1.807) is 12.4 Å². The number of halogens is 2. The molecular formula is C12H15Br2N5. The Balaban J connectivity index is 2.41. The van der Waals surface area contributed by atoms with Gasteiger partial charge in [-0.15, -0.1) is 0 Å². The largest absolute Gasteiger partial charge is 0.270 e. The molecule has 0 aliphatic rings. The molecule has 0 amide bonds. The summed E-state index contributed by atoms with van der Waals surface area (Å²) in [6, 6.07) is 3.71. The van der Waals surface area contributed by atoms with E-state index in [1.807, 2.05) is 16.8 Å². The smallest absolute Gasteiger partial charge is 0.106 e. The van der Waals surface area contributed by atoms with Crippen molar-refractivity contribution in [2.24, 2.45) is 5.84 Å². The molecule has 3 N–H and O–H groups in total. The Kier molecular flexibility index (Phi) is 5.09. The molecular weight excluding hydrogens is 374 g/mol. The monoisotopic (exact) mass is 387 g/mol. The van der Waals surface area contributed by atoms with Crippen LogP contribution in [0.3, 0.4) is 0 Å². The third-order valence-electron chi connectivity index (χ3n) is 2.76. The highest BCUT2D eigenvalue weighted by atomic mass is 79.9. The van der Waals surface area contributed by atoms with Crippen molar-refractivity contribution in [1.82, 2.24) is 20.2 Å². The minimum Gasteiger partial charge on any atom is -0.270 e. The number of hydrazine groups is 1. The summed E-state index contributed by atoms with van der Waals surface area (Å²) in [6.45, 7) is 2.97. The van der Waals surface area contributed by atoms with Crippen LogP contribution in [0.15, 0.2) is 33.5 Å². The van der Waals surface area contributed by atoms with E-state index < -0.39 is 0 Å². The van der Waals surface area contributed by atoms with Gasteiger partial charge in [-0.3, -0.25) is 15.5 Å². The maximum absolute atomic E-state index is 5.70. The van der Waals surface area contributed by atoms with Gasteiger partial charge in [0, 0.05) is 27.9 Å². The highest BCUT2D eigenvalue weighted by molar-refractivity contribution is 9.11. The second-order valence-corrected chi connectivity index (χ2v) is 5.87. The first-order valence-corrected chi connectivity index (χ1v) is 7.54. The van der Waals surface area contributed by atoms with E-state index in [-0.39, 0.29) is 6.04 Å². The van der Waals surface area contributed by atoms with Crippen molar-refractivity contribution in [3.05, 3.63) is 44.9 Å². The van der Waals surface area contributed by atoms with Crippen LogP contribution in [0.1, 0.15) is 30.8 Å². The van der Waals surface area contributed by atoms with Gasteiger partial charge >= 0.3 is 0 Å². The van der Waals surface area contributed by atoms with E-state index in [2.05, 4.69) is 54.3 Å². The first-order chi connectivity index (χ1) is 9.17. The average Bonchev–Trinajstić information content (AvgIpc) is 2.82. The summed E-state index contributed by atoms with van der Waals surface area (Å²) in [4.78, 5) is 4.43. The third-order valence-corrected chi connectivity index (χ3v) is 3.83. The van der Waals surface area contributed by atoms with Crippen molar-refractivity contribution in [3.63, 3.8) is 0 Å². The summed E-state index contributed by atoms with van der Waals surface area (Å²) in [6.07, 6.45) is 4.55. The van der Waals surface area contributed by atoms with Crippen LogP contribution in [0, 0.1) is 0 Å². The summed E-state index contributed by atoms with van der Waals surface area (Å²) in [7, 11) is 0. The number of nitrogens with one attached hydrogen (secondary N) is 1. The Bertz CT molecular complexity index is 555. The van der Waals surface area contributed by atoms with Gasteiger partial charge in [0.2, 0.25) is 0 Å². The number of hydrogen-bond donors (Lipinski definition) is 2. The highest BCUT2D eigenvalue weighted by Gasteiger charge is 2.20. The standard InChI is InChI=1S/C12H15Br2N5/c1-2-5-19-10(3-4-17-19)12(18-15)11-9(14)6-8(13)7-16-11/h3-4,6-7,12,18H,2,5,15H2,1H3. The number of aryl methyl sites for hydroxylation is 1. The van der Waals surface area contributed by atoms with Crippen LogP contribution in [-0.2, 0) is 6.54 Å². The molecule has 1 atom stereocenters. The normalized spacial score (nSPS) is 12.6. The molecule has 19 heavy (non-hydrogen) atoms. The highest BCUT2D eigenvalue weighted by Crippen LogP contribution is 2.28. The van der Waals surface area contributed by atoms with Crippen molar-refractivity contribution in [1.29, 1.82) is 0 Å². The summed E-state index contributed by atoms with van der Waals surface area (Å²) in [5, 5.41) is 4.32. The van der Waals surface area contributed by atoms with Crippen molar-refractivity contribution in [3.8, 4) is 0 Å². The predicted octanol–water partition coefficient (Wildman–Crippen LogP) is 2.77. The summed E-state index contributed by atoms with van der Waals surface area (Å²) in [5.41, 5.74) is 4.65. The number of rotatable bonds is 5. The van der Waals surface area contributed by atoms with Crippen LogP contribution in [0.5, 0.6) is 0 Å². The fraction of sp³-hybridized carbons (Fsp3) is 0.333. The summed E-state index contributed by atoms with van der Waals surface area (Å²) >= 11 is 6.91. The van der Waals surface area contributed by atoms with Crippen molar-refractivity contribution in [2.75, 3.05) is 0 Å². The number of hydrogen-bond acceptors (Lipinski definition) is 4. The van der Waals surface area contributed by atoms with E-state index in [0.717, 1.165) is 33.3 Å². The van der Waals surface area contributed by atoms with Crippen molar-refractivity contribution < 1.29 is 0 Å². The number of nitrogens with zero attached hydrogens (tertiary/aromatic N) is 3. The second-order valence-electron chi connectivity index (χ2n) is 4.10. The average molecular weight is 389 g/mol. The van der Waals surface area contributed by atoms with Crippen LogP contribution in [-0.4, -0.2) is 14.8 Å². The van der Waals surface area contributed by atoms with Gasteiger partial charge in [-0.05, 0) is 50.4 Å². The molecule has 0 aliphatic heterocycles. The van der Waals surface area contributed by atoms with Gasteiger partial charge in [-0.25, -0.2) is 5.43 Å².